The molecule has 0 saturated carbocycles. The van der Waals surface area contributed by atoms with Gasteiger partial charge in [-0.2, -0.15) is 11.3 Å². The van der Waals surface area contributed by atoms with Crippen LogP contribution >= 0.6 is 22.7 Å². The molecule has 2 aromatic rings. The molecule has 0 saturated heterocycles. The van der Waals surface area contributed by atoms with Gasteiger partial charge in [-0.1, -0.05) is 0 Å². The molecule has 0 aliphatic rings. The van der Waals surface area contributed by atoms with Crippen molar-refractivity contribution in [2.75, 3.05) is 0 Å². The summed E-state index contributed by atoms with van der Waals surface area (Å²) >= 11 is 3.13. The van der Waals surface area contributed by atoms with Gasteiger partial charge in [0.25, 0.3) is 0 Å². The van der Waals surface area contributed by atoms with Gasteiger partial charge < -0.3 is 5.11 Å². The van der Waals surface area contributed by atoms with Crippen molar-refractivity contribution in [3.63, 3.8) is 0 Å². The third-order valence-electron chi connectivity index (χ3n) is 1.97. The van der Waals surface area contributed by atoms with Crippen LogP contribution in [0.2, 0.25) is 0 Å². The molecule has 0 spiro atoms. The van der Waals surface area contributed by atoms with E-state index in [0.29, 0.717) is 5.69 Å². The molecule has 0 aromatic carbocycles. The van der Waals surface area contributed by atoms with Gasteiger partial charge in [-0.05, 0) is 17.9 Å². The highest BCUT2D eigenvalue weighted by atomic mass is 32.1. The summed E-state index contributed by atoms with van der Waals surface area (Å²) in [6.07, 6.45) is -0.000313. The van der Waals surface area contributed by atoms with Gasteiger partial charge in [0.1, 0.15) is 5.01 Å². The lowest BCUT2D eigenvalue weighted by Gasteiger charge is -1.92. The van der Waals surface area contributed by atoms with E-state index in [9.17, 15) is 4.79 Å². The summed E-state index contributed by atoms with van der Waals surface area (Å²) in [4.78, 5) is 14.8. The first kappa shape index (κ1) is 10.3. The number of thiophene rings is 1. The molecule has 0 radical (unpaired) electrons. The molecule has 0 aliphatic heterocycles. The Labute approximate surface area is 95.0 Å². The van der Waals surface area contributed by atoms with Crippen molar-refractivity contribution in [3.8, 4) is 10.6 Å². The van der Waals surface area contributed by atoms with E-state index < -0.39 is 5.97 Å². The van der Waals surface area contributed by atoms with Crippen molar-refractivity contribution in [1.29, 1.82) is 0 Å². The fourth-order valence-corrected chi connectivity index (χ4v) is 3.05. The van der Waals surface area contributed by atoms with Crippen LogP contribution in [-0.2, 0) is 11.2 Å². The molecule has 78 valence electrons. The van der Waals surface area contributed by atoms with Gasteiger partial charge >= 0.3 is 5.97 Å². The van der Waals surface area contributed by atoms with Crippen LogP contribution in [0.1, 0.15) is 11.3 Å². The Morgan fingerprint density at radius 1 is 1.47 bits per heavy atom. The average Bonchev–Trinajstić information content (AvgIpc) is 2.72. The minimum absolute atomic E-state index is 0.000313. The maximum Gasteiger partial charge on any atom is 0.309 e. The summed E-state index contributed by atoms with van der Waals surface area (Å²) in [5, 5.41) is 15.4. The van der Waals surface area contributed by atoms with Crippen LogP contribution in [0.15, 0.2) is 16.1 Å². The van der Waals surface area contributed by atoms with Crippen molar-refractivity contribution in [1.82, 2.24) is 4.98 Å². The third-order valence-corrected chi connectivity index (χ3v) is 3.76. The quantitative estimate of drug-likeness (QED) is 0.896. The first-order valence-corrected chi connectivity index (χ1v) is 6.18. The third kappa shape index (κ3) is 2.24. The second-order valence-electron chi connectivity index (χ2n) is 3.18. The Kier molecular flexibility index (Phi) is 2.83. The molecule has 0 fully saturated rings. The standard InChI is InChI=1S/C10H9NO2S2/c1-6-3-14-5-8(6)10-11-7(4-15-10)2-9(12)13/h3-5H,2H2,1H3,(H,12,13). The predicted octanol–water partition coefficient (Wildman–Crippen LogP) is 2.81. The average molecular weight is 239 g/mol. The molecule has 0 bridgehead atoms. The lowest BCUT2D eigenvalue weighted by Crippen LogP contribution is -1.99. The van der Waals surface area contributed by atoms with Crippen LogP contribution in [0, 0.1) is 6.92 Å². The maximum atomic E-state index is 10.5. The molecule has 2 heterocycles. The number of carboxylic acid groups (broad SMARTS) is 1. The van der Waals surface area contributed by atoms with Crippen molar-refractivity contribution >= 4 is 28.6 Å². The van der Waals surface area contributed by atoms with Gasteiger partial charge in [0, 0.05) is 16.3 Å². The van der Waals surface area contributed by atoms with Crippen LogP contribution in [0.5, 0.6) is 0 Å². The predicted molar refractivity (Wildman–Crippen MR) is 61.5 cm³/mol. The minimum Gasteiger partial charge on any atom is -0.481 e. The topological polar surface area (TPSA) is 50.2 Å². The molecular formula is C10H9NO2S2. The molecule has 0 amide bonds. The Bertz CT molecular complexity index is 487. The number of hydrogen-bond donors (Lipinski definition) is 1. The summed E-state index contributed by atoms with van der Waals surface area (Å²) in [5.41, 5.74) is 2.94. The number of carbonyl (C=O) groups is 1. The normalized spacial score (nSPS) is 10.5. The molecule has 2 rings (SSSR count). The summed E-state index contributed by atoms with van der Waals surface area (Å²) < 4.78 is 0. The van der Waals surface area contributed by atoms with Crippen molar-refractivity contribution in [2.45, 2.75) is 13.3 Å². The highest BCUT2D eigenvalue weighted by Crippen LogP contribution is 2.29. The Balaban J connectivity index is 2.28. The number of aryl methyl sites for hydroxylation is 1. The number of carboxylic acids is 1. The van der Waals surface area contributed by atoms with E-state index in [0.717, 1.165) is 10.6 Å². The van der Waals surface area contributed by atoms with Gasteiger partial charge in [-0.25, -0.2) is 4.98 Å². The molecule has 0 unspecified atom stereocenters. The largest absolute Gasteiger partial charge is 0.481 e. The summed E-state index contributed by atoms with van der Waals surface area (Å²) in [6.45, 7) is 2.03. The second kappa shape index (κ2) is 4.12. The Morgan fingerprint density at radius 3 is 2.87 bits per heavy atom. The number of hydrogen-bond acceptors (Lipinski definition) is 4. The monoisotopic (exact) mass is 239 g/mol. The minimum atomic E-state index is -0.839. The van der Waals surface area contributed by atoms with Gasteiger partial charge in [-0.15, -0.1) is 11.3 Å². The van der Waals surface area contributed by atoms with Gasteiger partial charge in [-0.3, -0.25) is 4.79 Å². The number of rotatable bonds is 3. The second-order valence-corrected chi connectivity index (χ2v) is 4.78. The van der Waals surface area contributed by atoms with Gasteiger partial charge in [0.05, 0.1) is 12.1 Å². The maximum absolute atomic E-state index is 10.5. The highest BCUT2D eigenvalue weighted by molar-refractivity contribution is 7.14. The zero-order valence-electron chi connectivity index (χ0n) is 8.06. The van der Waals surface area contributed by atoms with Crippen LogP contribution in [0.4, 0.5) is 0 Å². The summed E-state index contributed by atoms with van der Waals surface area (Å²) in [6, 6.07) is 0. The summed E-state index contributed by atoms with van der Waals surface area (Å²) in [7, 11) is 0. The molecule has 5 heteroatoms. The van der Waals surface area contributed by atoms with Crippen LogP contribution in [-0.4, -0.2) is 16.1 Å². The zero-order chi connectivity index (χ0) is 10.8. The first-order chi connectivity index (χ1) is 7.16. The number of thiazole rings is 1. The molecular weight excluding hydrogens is 230 g/mol. The van der Waals surface area contributed by atoms with E-state index in [4.69, 9.17) is 5.11 Å². The Morgan fingerprint density at radius 2 is 2.27 bits per heavy atom. The Hall–Kier alpha value is -1.20. The number of nitrogens with zero attached hydrogens (tertiary/aromatic N) is 1. The van der Waals surface area contributed by atoms with E-state index >= 15 is 0 Å². The molecule has 2 aromatic heterocycles. The fraction of sp³-hybridized carbons (Fsp3) is 0.200. The van der Waals surface area contributed by atoms with E-state index in [1.54, 1.807) is 16.7 Å². The van der Waals surface area contributed by atoms with E-state index in [1.165, 1.54) is 16.9 Å². The molecule has 15 heavy (non-hydrogen) atoms. The van der Waals surface area contributed by atoms with Crippen LogP contribution < -0.4 is 0 Å². The SMILES string of the molecule is Cc1cscc1-c1nc(CC(=O)O)cs1. The molecule has 0 atom stereocenters. The van der Waals surface area contributed by atoms with E-state index in [1.807, 2.05) is 12.3 Å². The van der Waals surface area contributed by atoms with E-state index in [2.05, 4.69) is 10.4 Å². The molecule has 0 aliphatic carbocycles. The van der Waals surface area contributed by atoms with Crippen LogP contribution in [0.3, 0.4) is 0 Å². The van der Waals surface area contributed by atoms with Crippen molar-refractivity contribution < 1.29 is 9.90 Å². The zero-order valence-corrected chi connectivity index (χ0v) is 9.69. The smallest absolute Gasteiger partial charge is 0.309 e. The van der Waals surface area contributed by atoms with E-state index in [-0.39, 0.29) is 6.42 Å². The number of aromatic nitrogens is 1. The molecule has 3 nitrogen and oxygen atoms in total. The summed E-state index contributed by atoms with van der Waals surface area (Å²) in [5.74, 6) is -0.839. The lowest BCUT2D eigenvalue weighted by atomic mass is 10.2. The van der Waals surface area contributed by atoms with Gasteiger partial charge in [0.15, 0.2) is 0 Å². The lowest BCUT2D eigenvalue weighted by molar-refractivity contribution is -0.136. The first-order valence-electron chi connectivity index (χ1n) is 4.36. The van der Waals surface area contributed by atoms with Gasteiger partial charge in [0.2, 0.25) is 0 Å². The molecule has 1 N–H and O–H groups in total. The van der Waals surface area contributed by atoms with Crippen molar-refractivity contribution in [3.05, 3.63) is 27.4 Å². The highest BCUT2D eigenvalue weighted by Gasteiger charge is 2.09. The van der Waals surface area contributed by atoms with Crippen molar-refractivity contribution in [2.24, 2.45) is 0 Å². The fourth-order valence-electron chi connectivity index (χ4n) is 1.25. The van der Waals surface area contributed by atoms with Crippen LogP contribution in [0.25, 0.3) is 10.6 Å². The number of aliphatic carboxylic acids is 1.